The molecule has 1 N–H and O–H groups in total. The van der Waals surface area contributed by atoms with Crippen LogP contribution in [0.3, 0.4) is 0 Å². The van der Waals surface area contributed by atoms with Crippen LogP contribution in [0.4, 0.5) is 4.79 Å². The number of amides is 2. The molecule has 1 aliphatic rings. The summed E-state index contributed by atoms with van der Waals surface area (Å²) >= 11 is 0. The summed E-state index contributed by atoms with van der Waals surface area (Å²) in [6, 6.07) is -0.284. The zero-order valence-electron chi connectivity index (χ0n) is 7.78. The average Bonchev–Trinajstić information content (AvgIpc) is 2.18. The van der Waals surface area contributed by atoms with Crippen molar-refractivity contribution in [3.8, 4) is 0 Å². The largest absolute Gasteiger partial charge is 0.345 e. The molecule has 1 aliphatic carbocycles. The molecule has 4 heteroatoms. The maximum absolute atomic E-state index is 11.2. The molecule has 0 aromatic rings. The SMILES string of the molecule is CON(C)C(=O)NC1=C[CH]CC=C1. The fourth-order valence-electron chi connectivity index (χ4n) is 0.893. The molecule has 0 bridgehead atoms. The second kappa shape index (κ2) is 4.67. The molecule has 0 unspecified atom stereocenters. The summed E-state index contributed by atoms with van der Waals surface area (Å²) in [6.07, 6.45) is 8.59. The van der Waals surface area contributed by atoms with Crippen molar-refractivity contribution < 1.29 is 9.63 Å². The van der Waals surface area contributed by atoms with Gasteiger partial charge in [-0.3, -0.25) is 4.84 Å². The summed E-state index contributed by atoms with van der Waals surface area (Å²) in [5.74, 6) is 0. The summed E-state index contributed by atoms with van der Waals surface area (Å²) in [5.41, 5.74) is 0.778. The Hall–Kier alpha value is -1.29. The van der Waals surface area contributed by atoms with E-state index >= 15 is 0 Å². The van der Waals surface area contributed by atoms with Crippen LogP contribution in [0, 0.1) is 6.42 Å². The summed E-state index contributed by atoms with van der Waals surface area (Å²) in [5, 5.41) is 3.80. The molecule has 0 aliphatic heterocycles. The Kier molecular flexibility index (Phi) is 3.52. The minimum Gasteiger partial charge on any atom is -0.306 e. The molecule has 13 heavy (non-hydrogen) atoms. The van der Waals surface area contributed by atoms with Crippen molar-refractivity contribution in [3.63, 3.8) is 0 Å². The Labute approximate surface area is 77.8 Å². The summed E-state index contributed by atoms with van der Waals surface area (Å²) in [7, 11) is 2.99. The minimum atomic E-state index is -0.284. The van der Waals surface area contributed by atoms with Crippen LogP contribution >= 0.6 is 0 Å². The second-order valence-electron chi connectivity index (χ2n) is 2.61. The molecule has 1 radical (unpaired) electrons. The number of carbonyl (C=O) groups excluding carboxylic acids is 1. The number of nitrogens with one attached hydrogen (secondary N) is 1. The van der Waals surface area contributed by atoms with Gasteiger partial charge in [0.2, 0.25) is 0 Å². The Morgan fingerprint density at radius 3 is 3.00 bits per heavy atom. The van der Waals surface area contributed by atoms with Crippen LogP contribution in [0.1, 0.15) is 6.42 Å². The Bertz CT molecular complexity index is 246. The van der Waals surface area contributed by atoms with E-state index in [9.17, 15) is 4.79 Å². The van der Waals surface area contributed by atoms with E-state index in [2.05, 4.69) is 5.32 Å². The second-order valence-corrected chi connectivity index (χ2v) is 2.61. The van der Waals surface area contributed by atoms with Crippen LogP contribution in [-0.2, 0) is 4.84 Å². The molecule has 71 valence electrons. The minimum absolute atomic E-state index is 0.284. The Morgan fingerprint density at radius 2 is 2.46 bits per heavy atom. The van der Waals surface area contributed by atoms with Crippen molar-refractivity contribution in [2.45, 2.75) is 6.42 Å². The number of allylic oxidation sites excluding steroid dienone is 3. The summed E-state index contributed by atoms with van der Waals surface area (Å²) in [4.78, 5) is 16.0. The van der Waals surface area contributed by atoms with E-state index in [1.807, 2.05) is 24.6 Å². The number of nitrogens with zero attached hydrogens (tertiary/aromatic N) is 1. The third-order valence-electron chi connectivity index (χ3n) is 1.68. The zero-order chi connectivity index (χ0) is 9.68. The van der Waals surface area contributed by atoms with Crippen LogP contribution in [0.15, 0.2) is 23.9 Å². The van der Waals surface area contributed by atoms with Crippen molar-refractivity contribution in [1.29, 1.82) is 0 Å². The van der Waals surface area contributed by atoms with E-state index in [-0.39, 0.29) is 6.03 Å². The van der Waals surface area contributed by atoms with E-state index in [0.717, 1.165) is 17.2 Å². The predicted molar refractivity (Wildman–Crippen MR) is 49.4 cm³/mol. The number of hydrogen-bond acceptors (Lipinski definition) is 2. The van der Waals surface area contributed by atoms with Crippen LogP contribution < -0.4 is 5.32 Å². The van der Waals surface area contributed by atoms with Crippen LogP contribution in [0.5, 0.6) is 0 Å². The molecule has 0 saturated carbocycles. The lowest BCUT2D eigenvalue weighted by Crippen LogP contribution is -2.35. The van der Waals surface area contributed by atoms with Crippen molar-refractivity contribution in [3.05, 3.63) is 30.3 Å². The predicted octanol–water partition coefficient (Wildman–Crippen LogP) is 1.24. The van der Waals surface area contributed by atoms with Crippen molar-refractivity contribution in [2.75, 3.05) is 14.2 Å². The molecule has 0 aromatic carbocycles. The standard InChI is InChI=1S/C9H13N2O2/c1-11(13-2)9(12)10-8-6-4-3-5-7-8/h4-7H,3H2,1-2H3,(H,10,12). The van der Waals surface area contributed by atoms with E-state index in [0.29, 0.717) is 0 Å². The highest BCUT2D eigenvalue weighted by atomic mass is 16.7. The van der Waals surface area contributed by atoms with Gasteiger partial charge in [-0.2, -0.15) is 0 Å². The number of carbonyl (C=O) groups is 1. The molecule has 0 atom stereocenters. The fourth-order valence-corrected chi connectivity index (χ4v) is 0.893. The maximum atomic E-state index is 11.2. The van der Waals surface area contributed by atoms with Gasteiger partial charge in [0.25, 0.3) is 0 Å². The lowest BCUT2D eigenvalue weighted by atomic mass is 10.1. The van der Waals surface area contributed by atoms with Gasteiger partial charge in [0.05, 0.1) is 7.11 Å². The lowest BCUT2D eigenvalue weighted by Gasteiger charge is -2.15. The highest BCUT2D eigenvalue weighted by molar-refractivity contribution is 5.75. The van der Waals surface area contributed by atoms with Crippen LogP contribution in [0.25, 0.3) is 0 Å². The van der Waals surface area contributed by atoms with Crippen molar-refractivity contribution in [1.82, 2.24) is 10.4 Å². The smallest absolute Gasteiger partial charge is 0.306 e. The van der Waals surface area contributed by atoms with E-state index < -0.39 is 0 Å². The van der Waals surface area contributed by atoms with Gasteiger partial charge < -0.3 is 5.32 Å². The zero-order valence-corrected chi connectivity index (χ0v) is 7.78. The lowest BCUT2D eigenvalue weighted by molar-refractivity contribution is -0.0639. The van der Waals surface area contributed by atoms with Gasteiger partial charge in [0, 0.05) is 12.7 Å². The monoisotopic (exact) mass is 181 g/mol. The van der Waals surface area contributed by atoms with Gasteiger partial charge >= 0.3 is 6.03 Å². The molecular formula is C9H13N2O2. The Balaban J connectivity index is 2.44. The number of hydroxylamine groups is 2. The number of urea groups is 1. The van der Waals surface area contributed by atoms with Crippen LogP contribution in [0.2, 0.25) is 0 Å². The first-order valence-corrected chi connectivity index (χ1v) is 4.03. The fraction of sp³-hybridized carbons (Fsp3) is 0.333. The van der Waals surface area contributed by atoms with Gasteiger partial charge in [-0.1, -0.05) is 12.2 Å². The average molecular weight is 181 g/mol. The number of rotatable bonds is 2. The first-order valence-electron chi connectivity index (χ1n) is 4.03. The van der Waals surface area contributed by atoms with Crippen molar-refractivity contribution in [2.24, 2.45) is 0 Å². The maximum Gasteiger partial charge on any atom is 0.345 e. The van der Waals surface area contributed by atoms with Gasteiger partial charge in [-0.15, -0.1) is 0 Å². The quantitative estimate of drug-likeness (QED) is 0.651. The summed E-state index contributed by atoms with van der Waals surface area (Å²) < 4.78 is 0. The number of hydrogen-bond donors (Lipinski definition) is 1. The molecule has 2 amide bonds. The highest BCUT2D eigenvalue weighted by Crippen LogP contribution is 2.05. The van der Waals surface area contributed by atoms with E-state index in [4.69, 9.17) is 4.84 Å². The van der Waals surface area contributed by atoms with E-state index in [1.165, 1.54) is 7.11 Å². The normalized spacial score (nSPS) is 15.1. The third kappa shape index (κ3) is 2.91. The molecule has 1 rings (SSSR count). The van der Waals surface area contributed by atoms with Crippen molar-refractivity contribution >= 4 is 6.03 Å². The topological polar surface area (TPSA) is 41.6 Å². The first-order chi connectivity index (χ1) is 6.24. The van der Waals surface area contributed by atoms with Gasteiger partial charge in [-0.25, -0.2) is 9.86 Å². The van der Waals surface area contributed by atoms with E-state index in [1.54, 1.807) is 7.05 Å². The van der Waals surface area contributed by atoms with Gasteiger partial charge in [-0.05, 0) is 18.9 Å². The molecular weight excluding hydrogens is 168 g/mol. The Morgan fingerprint density at radius 1 is 1.69 bits per heavy atom. The molecule has 0 saturated heterocycles. The molecule has 0 heterocycles. The van der Waals surface area contributed by atoms with Gasteiger partial charge in [0.1, 0.15) is 0 Å². The third-order valence-corrected chi connectivity index (χ3v) is 1.68. The molecule has 4 nitrogen and oxygen atoms in total. The molecule has 0 spiro atoms. The molecule has 0 aromatic heterocycles. The first kappa shape index (κ1) is 9.80. The highest BCUT2D eigenvalue weighted by Gasteiger charge is 2.08. The van der Waals surface area contributed by atoms with Gasteiger partial charge in [0.15, 0.2) is 0 Å². The molecule has 0 fully saturated rings. The van der Waals surface area contributed by atoms with Crippen LogP contribution in [-0.4, -0.2) is 25.3 Å². The summed E-state index contributed by atoms with van der Waals surface area (Å²) in [6.45, 7) is 0.